The van der Waals surface area contributed by atoms with Crippen LogP contribution in [-0.2, 0) is 17.7 Å². The fourth-order valence-corrected chi connectivity index (χ4v) is 3.08. The Hall–Kier alpha value is -1.56. The van der Waals surface area contributed by atoms with Gasteiger partial charge < -0.3 is 19.5 Å². The van der Waals surface area contributed by atoms with Gasteiger partial charge in [0, 0.05) is 36.9 Å². The lowest BCUT2D eigenvalue weighted by Gasteiger charge is -2.31. The van der Waals surface area contributed by atoms with Crippen molar-refractivity contribution in [2.45, 2.75) is 72.6 Å². The molecule has 1 amide bonds. The van der Waals surface area contributed by atoms with Crippen LogP contribution in [-0.4, -0.2) is 52.3 Å². The summed E-state index contributed by atoms with van der Waals surface area (Å²) in [6.07, 6.45) is 4.04. The van der Waals surface area contributed by atoms with E-state index >= 15 is 0 Å². The number of nitrogens with one attached hydrogen (secondary N) is 1. The van der Waals surface area contributed by atoms with E-state index < -0.39 is 17.2 Å². The molecule has 25 heavy (non-hydrogen) atoms. The maximum atomic E-state index is 12.1. The number of ether oxygens (including phenoxy) is 1. The van der Waals surface area contributed by atoms with Gasteiger partial charge in [-0.3, -0.25) is 0 Å². The van der Waals surface area contributed by atoms with Gasteiger partial charge in [-0.25, -0.2) is 9.78 Å². The molecule has 6 nitrogen and oxygen atoms in total. The Morgan fingerprint density at radius 3 is 2.32 bits per heavy atom. The van der Waals surface area contributed by atoms with Crippen LogP contribution in [0.1, 0.15) is 54.2 Å². The monoisotopic (exact) mass is 352 g/mol. The first kappa shape index (κ1) is 21.5. The van der Waals surface area contributed by atoms with E-state index in [0.717, 1.165) is 18.8 Å². The highest BCUT2D eigenvalue weighted by Gasteiger charge is 2.27. The lowest BCUT2D eigenvalue weighted by molar-refractivity contribution is 0.0471. The Kier molecular flexibility index (Phi) is 6.68. The van der Waals surface area contributed by atoms with E-state index in [0.29, 0.717) is 6.42 Å². The number of carbonyl (C=O) groups excluding carboxylic acids is 1. The molecule has 0 fully saturated rings. The van der Waals surface area contributed by atoms with Crippen LogP contribution in [0.4, 0.5) is 4.79 Å². The third-order valence-electron chi connectivity index (χ3n) is 3.60. The van der Waals surface area contributed by atoms with Crippen molar-refractivity contribution in [3.63, 3.8) is 0 Å². The van der Waals surface area contributed by atoms with Gasteiger partial charge in [-0.1, -0.05) is 13.8 Å². The van der Waals surface area contributed by atoms with E-state index in [1.54, 1.807) is 0 Å². The molecule has 1 heterocycles. The van der Waals surface area contributed by atoms with Crippen LogP contribution in [0.5, 0.6) is 0 Å². The SMILES string of the molecule is CN(C)CC(C)(C)Cn1cncc1CC(C)(C)NC(=O)OC(C)(C)C. The van der Waals surface area contributed by atoms with Crippen LogP contribution < -0.4 is 5.32 Å². The van der Waals surface area contributed by atoms with Crippen molar-refractivity contribution in [2.75, 3.05) is 20.6 Å². The molecule has 0 aliphatic rings. The Morgan fingerprint density at radius 1 is 1.20 bits per heavy atom. The molecular formula is C19H36N4O2. The molecule has 1 aromatic rings. The molecule has 6 heteroatoms. The summed E-state index contributed by atoms with van der Waals surface area (Å²) in [5.74, 6) is 0. The largest absolute Gasteiger partial charge is 0.444 e. The Labute approximate surface area is 152 Å². The quantitative estimate of drug-likeness (QED) is 0.818. The second kappa shape index (κ2) is 7.77. The third-order valence-corrected chi connectivity index (χ3v) is 3.60. The second-order valence-corrected chi connectivity index (χ2v) is 9.60. The number of hydrogen-bond acceptors (Lipinski definition) is 4. The molecule has 0 aliphatic carbocycles. The lowest BCUT2D eigenvalue weighted by Crippen LogP contribution is -2.47. The van der Waals surface area contributed by atoms with Crippen molar-refractivity contribution < 1.29 is 9.53 Å². The lowest BCUT2D eigenvalue weighted by atomic mass is 9.92. The van der Waals surface area contributed by atoms with Gasteiger partial charge in [-0.15, -0.1) is 0 Å². The van der Waals surface area contributed by atoms with Crippen LogP contribution >= 0.6 is 0 Å². The van der Waals surface area contributed by atoms with Gasteiger partial charge in [0.15, 0.2) is 0 Å². The molecule has 0 aromatic carbocycles. The molecule has 0 radical (unpaired) electrons. The predicted molar refractivity (Wildman–Crippen MR) is 102 cm³/mol. The minimum Gasteiger partial charge on any atom is -0.444 e. The average Bonchev–Trinajstić information content (AvgIpc) is 2.68. The zero-order valence-electron chi connectivity index (χ0n) is 17.4. The van der Waals surface area contributed by atoms with Gasteiger partial charge >= 0.3 is 6.09 Å². The number of aromatic nitrogens is 2. The normalized spacial score (nSPS) is 13.2. The van der Waals surface area contributed by atoms with E-state index in [9.17, 15) is 4.79 Å². The Morgan fingerprint density at radius 2 is 1.80 bits per heavy atom. The summed E-state index contributed by atoms with van der Waals surface area (Å²) < 4.78 is 7.55. The van der Waals surface area contributed by atoms with E-state index in [-0.39, 0.29) is 5.41 Å². The van der Waals surface area contributed by atoms with Gasteiger partial charge in [0.25, 0.3) is 0 Å². The molecule has 1 aromatic heterocycles. The van der Waals surface area contributed by atoms with Crippen molar-refractivity contribution in [1.82, 2.24) is 19.8 Å². The molecule has 1 N–H and O–H groups in total. The summed E-state index contributed by atoms with van der Waals surface area (Å²) in [5.41, 5.74) is 0.305. The summed E-state index contributed by atoms with van der Waals surface area (Å²) in [6, 6.07) is 0. The number of hydrogen-bond donors (Lipinski definition) is 1. The third kappa shape index (κ3) is 8.38. The van der Waals surface area contributed by atoms with Gasteiger partial charge in [0.2, 0.25) is 0 Å². The Bertz CT molecular complexity index is 568. The maximum Gasteiger partial charge on any atom is 0.408 e. The number of imidazole rings is 1. The number of alkyl carbamates (subject to hydrolysis) is 1. The first-order chi connectivity index (χ1) is 11.2. The fourth-order valence-electron chi connectivity index (χ4n) is 3.08. The summed E-state index contributed by atoms with van der Waals surface area (Å²) in [6.45, 7) is 16.0. The van der Waals surface area contributed by atoms with Gasteiger partial charge in [0.1, 0.15) is 5.60 Å². The van der Waals surface area contributed by atoms with Crippen molar-refractivity contribution in [1.29, 1.82) is 0 Å². The van der Waals surface area contributed by atoms with Crippen LogP contribution in [0.25, 0.3) is 0 Å². The highest BCUT2D eigenvalue weighted by molar-refractivity contribution is 5.68. The summed E-state index contributed by atoms with van der Waals surface area (Å²) in [7, 11) is 4.18. The minimum atomic E-state index is -0.502. The average molecular weight is 353 g/mol. The molecule has 0 saturated heterocycles. The van der Waals surface area contributed by atoms with Crippen molar-refractivity contribution in [2.24, 2.45) is 5.41 Å². The van der Waals surface area contributed by atoms with Crippen molar-refractivity contribution in [3.05, 3.63) is 18.2 Å². The van der Waals surface area contributed by atoms with Gasteiger partial charge in [-0.2, -0.15) is 0 Å². The van der Waals surface area contributed by atoms with Crippen LogP contribution in [0, 0.1) is 5.41 Å². The Balaban J connectivity index is 2.77. The fraction of sp³-hybridized carbons (Fsp3) is 0.789. The topological polar surface area (TPSA) is 59.4 Å². The molecule has 0 aliphatic heterocycles. The molecule has 0 unspecified atom stereocenters. The number of carbonyl (C=O) groups is 1. The zero-order valence-corrected chi connectivity index (χ0v) is 17.4. The minimum absolute atomic E-state index is 0.127. The summed E-state index contributed by atoms with van der Waals surface area (Å²) >= 11 is 0. The second-order valence-electron chi connectivity index (χ2n) is 9.60. The highest BCUT2D eigenvalue weighted by atomic mass is 16.6. The first-order valence-corrected chi connectivity index (χ1v) is 8.84. The van der Waals surface area contributed by atoms with Crippen molar-refractivity contribution >= 4 is 6.09 Å². The smallest absolute Gasteiger partial charge is 0.408 e. The van der Waals surface area contributed by atoms with Crippen molar-refractivity contribution in [3.8, 4) is 0 Å². The molecule has 0 saturated carbocycles. The van der Waals surface area contributed by atoms with Crippen LogP contribution in [0.3, 0.4) is 0 Å². The summed E-state index contributed by atoms with van der Waals surface area (Å²) in [5, 5.41) is 2.96. The molecule has 0 bridgehead atoms. The van der Waals surface area contributed by atoms with Gasteiger partial charge in [0.05, 0.1) is 6.33 Å². The molecule has 0 atom stereocenters. The summed E-state index contributed by atoms with van der Waals surface area (Å²) in [4.78, 5) is 18.6. The standard InChI is InChI=1S/C19H36N4O2/c1-17(2,3)25-16(24)21-19(6,7)10-15-11-20-14-23(15)13-18(4,5)12-22(8)9/h11,14H,10,12-13H2,1-9H3,(H,21,24). The number of rotatable bonds is 7. The van der Waals surface area contributed by atoms with Gasteiger partial charge in [-0.05, 0) is 54.1 Å². The van der Waals surface area contributed by atoms with E-state index in [4.69, 9.17) is 4.74 Å². The van der Waals surface area contributed by atoms with E-state index in [2.05, 4.69) is 47.7 Å². The van der Waals surface area contributed by atoms with Crippen LogP contribution in [0.15, 0.2) is 12.5 Å². The van der Waals surface area contributed by atoms with Crippen LogP contribution in [0.2, 0.25) is 0 Å². The predicted octanol–water partition coefficient (Wildman–Crippen LogP) is 3.32. The molecule has 144 valence electrons. The first-order valence-electron chi connectivity index (χ1n) is 8.84. The zero-order chi connectivity index (χ0) is 19.5. The molecule has 1 rings (SSSR count). The number of amides is 1. The van der Waals surface area contributed by atoms with E-state index in [1.807, 2.05) is 47.1 Å². The van der Waals surface area contributed by atoms with E-state index in [1.165, 1.54) is 0 Å². The molecular weight excluding hydrogens is 316 g/mol. The number of nitrogens with zero attached hydrogens (tertiary/aromatic N) is 3. The molecule has 0 spiro atoms. The highest BCUT2D eigenvalue weighted by Crippen LogP contribution is 2.22. The maximum absolute atomic E-state index is 12.1.